The summed E-state index contributed by atoms with van der Waals surface area (Å²) in [7, 11) is 0. The molecule has 2 aliphatic heterocycles. The first-order chi connectivity index (χ1) is 29.5. The number of piperazine rings is 2. The number of nitrogens with two attached hydrogens (primary N) is 1. The standard InChI is InChI=1S/C20H22ClN7O2.C20H19ClN6O.C2H6O/c1-13-11-14(4-5-16(13)21)26-7-9-27(10-8-26)17(29)12-28-20-15(3-2-6-23-20)18(24-28)19(22)25-30;1-14-11-15(4-5-17(14)21)25-7-9-26(10-8-25)19(28)13-27-20-16(3-2-6-23-20)18(12-22)24-27;1-2-3/h2-6,11,30H,7-10,12H2,1H3,(H2,22,25);2-6,11H,7-10,13H2,1H3;3H,2H2,1H3. The topological polar surface area (TPSA) is 211 Å². The first-order valence-electron chi connectivity index (χ1n) is 19.7. The normalized spacial score (nSPS) is 14.3. The van der Waals surface area contributed by atoms with Crippen molar-refractivity contribution in [2.45, 2.75) is 33.9 Å². The van der Waals surface area contributed by atoms with Crippen molar-refractivity contribution in [2.75, 3.05) is 68.8 Å². The van der Waals surface area contributed by atoms with Crippen LogP contribution in [0.1, 0.15) is 29.4 Å². The van der Waals surface area contributed by atoms with Crippen LogP contribution in [0.3, 0.4) is 0 Å². The number of aliphatic hydroxyl groups excluding tert-OH is 1. The van der Waals surface area contributed by atoms with Crippen molar-refractivity contribution in [3.8, 4) is 6.07 Å². The van der Waals surface area contributed by atoms with Gasteiger partial charge in [0.1, 0.15) is 24.9 Å². The molecule has 0 atom stereocenters. The summed E-state index contributed by atoms with van der Waals surface area (Å²) in [5.74, 6) is -0.194. The van der Waals surface area contributed by atoms with Crippen LogP contribution >= 0.6 is 23.2 Å². The number of aromatic nitrogens is 6. The summed E-state index contributed by atoms with van der Waals surface area (Å²) in [6.07, 6.45) is 3.26. The second kappa shape index (κ2) is 20.2. The molecule has 61 heavy (non-hydrogen) atoms. The van der Waals surface area contributed by atoms with Crippen molar-refractivity contribution in [2.24, 2.45) is 10.9 Å². The van der Waals surface area contributed by atoms with Gasteiger partial charge in [-0.25, -0.2) is 19.3 Å². The predicted octanol–water partition coefficient (Wildman–Crippen LogP) is 4.45. The summed E-state index contributed by atoms with van der Waals surface area (Å²) < 4.78 is 3.02. The van der Waals surface area contributed by atoms with Gasteiger partial charge < -0.3 is 35.6 Å². The van der Waals surface area contributed by atoms with Crippen LogP contribution in [-0.4, -0.2) is 126 Å². The van der Waals surface area contributed by atoms with Crippen LogP contribution in [-0.2, 0) is 22.7 Å². The zero-order valence-corrected chi connectivity index (χ0v) is 35.6. The van der Waals surface area contributed by atoms with Gasteiger partial charge in [-0.2, -0.15) is 15.5 Å². The van der Waals surface area contributed by atoms with E-state index in [4.69, 9.17) is 39.2 Å². The largest absolute Gasteiger partial charge is 0.409 e. The summed E-state index contributed by atoms with van der Waals surface area (Å²) in [5.41, 5.74) is 11.7. The minimum absolute atomic E-state index is 0.0218. The minimum atomic E-state index is -0.119. The number of rotatable bonds is 7. The Kier molecular flexibility index (Phi) is 14.6. The van der Waals surface area contributed by atoms with Crippen molar-refractivity contribution in [3.63, 3.8) is 0 Å². The maximum atomic E-state index is 12.9. The minimum Gasteiger partial charge on any atom is -0.409 e. The molecule has 0 unspecified atom stereocenters. The van der Waals surface area contributed by atoms with Crippen molar-refractivity contribution in [3.05, 3.63) is 106 Å². The molecule has 19 heteroatoms. The molecule has 8 rings (SSSR count). The molecule has 0 spiro atoms. The third-order valence-corrected chi connectivity index (χ3v) is 11.2. The van der Waals surface area contributed by atoms with Gasteiger partial charge in [-0.15, -0.1) is 0 Å². The van der Waals surface area contributed by atoms with E-state index in [0.717, 1.165) is 58.7 Å². The molecule has 2 aromatic carbocycles. The molecule has 318 valence electrons. The molecule has 2 fully saturated rings. The number of fused-ring (bicyclic) bond motifs is 2. The molecular weight excluding hydrogens is 821 g/mol. The zero-order valence-electron chi connectivity index (χ0n) is 34.1. The molecule has 0 bridgehead atoms. The van der Waals surface area contributed by atoms with E-state index >= 15 is 0 Å². The van der Waals surface area contributed by atoms with Crippen molar-refractivity contribution in [1.82, 2.24) is 39.3 Å². The lowest BCUT2D eigenvalue weighted by molar-refractivity contribution is -0.133. The first kappa shape index (κ1) is 44.1. The van der Waals surface area contributed by atoms with Gasteiger partial charge in [0.25, 0.3) is 0 Å². The fraction of sp³-hybridized carbons (Fsp3) is 0.333. The van der Waals surface area contributed by atoms with Crippen LogP contribution in [0, 0.1) is 25.2 Å². The van der Waals surface area contributed by atoms with E-state index in [1.807, 2.05) is 47.9 Å². The molecule has 6 heterocycles. The fourth-order valence-electron chi connectivity index (χ4n) is 7.09. The van der Waals surface area contributed by atoms with Gasteiger partial charge in [0.2, 0.25) is 11.8 Å². The van der Waals surface area contributed by atoms with Crippen LogP contribution in [0.15, 0.2) is 78.2 Å². The highest BCUT2D eigenvalue weighted by atomic mass is 35.5. The van der Waals surface area contributed by atoms with Crippen LogP contribution in [0.5, 0.6) is 0 Å². The third-order valence-electron chi connectivity index (χ3n) is 10.3. The number of amidine groups is 1. The molecule has 6 aromatic rings. The number of carbonyl (C=O) groups excluding carboxylic acids is 2. The van der Waals surface area contributed by atoms with E-state index in [-0.39, 0.29) is 37.3 Å². The Bertz CT molecular complexity index is 2570. The number of nitrogens with zero attached hydrogens (tertiary/aromatic N) is 12. The Morgan fingerprint density at radius 2 is 1.20 bits per heavy atom. The Morgan fingerprint density at radius 3 is 1.64 bits per heavy atom. The van der Waals surface area contributed by atoms with E-state index in [0.29, 0.717) is 59.6 Å². The van der Waals surface area contributed by atoms with Crippen LogP contribution in [0.25, 0.3) is 22.1 Å². The average Bonchev–Trinajstić information content (AvgIpc) is 3.83. The Hall–Kier alpha value is -6.48. The molecule has 0 radical (unpaired) electrons. The molecule has 17 nitrogen and oxygen atoms in total. The number of carbonyl (C=O) groups is 2. The van der Waals surface area contributed by atoms with Gasteiger partial charge in [-0.3, -0.25) is 9.59 Å². The Labute approximate surface area is 362 Å². The lowest BCUT2D eigenvalue weighted by Gasteiger charge is -2.36. The highest BCUT2D eigenvalue weighted by Gasteiger charge is 2.25. The average molecular weight is 869 g/mol. The highest BCUT2D eigenvalue weighted by Crippen LogP contribution is 2.25. The molecule has 0 aliphatic carbocycles. The SMILES string of the molecule is CCO.Cc1cc(N2CCN(C(=O)Cn3nc(/C(N)=N/O)c4cccnc43)CC2)ccc1Cl.Cc1cc(N2CCN(C(=O)Cn3nc(C#N)c4cccnc43)CC2)ccc1Cl. The number of aryl methyl sites for hydroxylation is 2. The molecule has 4 aromatic heterocycles. The van der Waals surface area contributed by atoms with Crippen molar-refractivity contribution >= 4 is 74.3 Å². The monoisotopic (exact) mass is 867 g/mol. The number of benzene rings is 2. The fourth-order valence-corrected chi connectivity index (χ4v) is 7.33. The van der Waals surface area contributed by atoms with Gasteiger partial charge in [0.15, 0.2) is 22.8 Å². The molecule has 2 amide bonds. The van der Waals surface area contributed by atoms with E-state index in [1.165, 1.54) is 9.36 Å². The number of amides is 2. The lowest BCUT2D eigenvalue weighted by Crippen LogP contribution is -2.49. The van der Waals surface area contributed by atoms with Crippen molar-refractivity contribution < 1.29 is 19.9 Å². The van der Waals surface area contributed by atoms with E-state index in [9.17, 15) is 14.9 Å². The van der Waals surface area contributed by atoms with Crippen LogP contribution in [0.2, 0.25) is 10.0 Å². The number of oxime groups is 1. The second-order valence-electron chi connectivity index (χ2n) is 14.3. The number of anilines is 2. The second-order valence-corrected chi connectivity index (χ2v) is 15.1. The van der Waals surface area contributed by atoms with Crippen LogP contribution in [0.4, 0.5) is 11.4 Å². The van der Waals surface area contributed by atoms with Crippen molar-refractivity contribution in [1.29, 1.82) is 5.26 Å². The van der Waals surface area contributed by atoms with E-state index in [1.54, 1.807) is 43.6 Å². The van der Waals surface area contributed by atoms with Gasteiger partial charge >= 0.3 is 0 Å². The summed E-state index contributed by atoms with van der Waals surface area (Å²) in [6, 6.07) is 21.1. The maximum absolute atomic E-state index is 12.9. The number of hydrogen-bond acceptors (Lipinski definition) is 12. The number of hydrogen-bond donors (Lipinski definition) is 3. The molecule has 2 saturated heterocycles. The van der Waals surface area contributed by atoms with Gasteiger partial charge in [-0.1, -0.05) is 28.4 Å². The predicted molar refractivity (Wildman–Crippen MR) is 235 cm³/mol. The Morgan fingerprint density at radius 1 is 0.754 bits per heavy atom. The number of aliphatic hydroxyl groups is 1. The summed E-state index contributed by atoms with van der Waals surface area (Å²) >= 11 is 12.2. The molecule has 4 N–H and O–H groups in total. The van der Waals surface area contributed by atoms with Gasteiger partial charge in [0, 0.05) is 92.8 Å². The van der Waals surface area contributed by atoms with Crippen LogP contribution < -0.4 is 15.5 Å². The Balaban J connectivity index is 0.000000192. The van der Waals surface area contributed by atoms with Gasteiger partial charge in [-0.05, 0) is 92.6 Å². The smallest absolute Gasteiger partial charge is 0.244 e. The highest BCUT2D eigenvalue weighted by molar-refractivity contribution is 6.31. The molecule has 0 saturated carbocycles. The zero-order chi connectivity index (χ0) is 43.6. The summed E-state index contributed by atoms with van der Waals surface area (Å²) in [5, 5.41) is 40.2. The van der Waals surface area contributed by atoms with E-state index < -0.39 is 0 Å². The van der Waals surface area contributed by atoms with E-state index in [2.05, 4.69) is 53.3 Å². The number of nitriles is 1. The number of halogens is 2. The molecular formula is C42H47Cl2N13O4. The van der Waals surface area contributed by atoms with Gasteiger partial charge in [0.05, 0.1) is 10.8 Å². The molecule has 2 aliphatic rings. The lowest BCUT2D eigenvalue weighted by atomic mass is 10.2. The summed E-state index contributed by atoms with van der Waals surface area (Å²) in [4.78, 5) is 42.4. The first-order valence-corrected chi connectivity index (χ1v) is 20.4. The quantitative estimate of drug-likeness (QED) is 0.0880. The third kappa shape index (κ3) is 10.3. The number of pyridine rings is 2. The summed E-state index contributed by atoms with van der Waals surface area (Å²) in [6.45, 7) is 11.5. The maximum Gasteiger partial charge on any atom is 0.244 e.